The monoisotopic (exact) mass is 339 g/mol. The quantitative estimate of drug-likeness (QED) is 0.568. The molecular weight excluding hydrogens is 310 g/mol. The smallest absolute Gasteiger partial charge is 0.409 e. The van der Waals surface area contributed by atoms with Crippen LogP contribution in [0.4, 0.5) is 4.79 Å². The van der Waals surface area contributed by atoms with Crippen LogP contribution in [0.15, 0.2) is 11.8 Å². The summed E-state index contributed by atoms with van der Waals surface area (Å²) in [4.78, 5) is 23.6. The molecule has 1 saturated carbocycles. The Morgan fingerprint density at radius 2 is 2.08 bits per heavy atom. The Labute approximate surface area is 143 Å². The number of hydrogen-bond donors (Lipinski definition) is 1. The van der Waals surface area contributed by atoms with E-state index in [-0.39, 0.29) is 17.8 Å². The highest BCUT2D eigenvalue weighted by Crippen LogP contribution is 2.48. The van der Waals surface area contributed by atoms with Gasteiger partial charge in [-0.15, -0.1) is 0 Å². The molecule has 0 aromatic rings. The first-order valence-electron chi connectivity index (χ1n) is 8.94. The van der Waals surface area contributed by atoms with Crippen LogP contribution in [0.1, 0.15) is 51.9 Å². The summed E-state index contributed by atoms with van der Waals surface area (Å²) in [6.07, 6.45) is 8.09. The third-order valence-corrected chi connectivity index (χ3v) is 5.18. The fourth-order valence-corrected chi connectivity index (χ4v) is 3.96. The Kier molecular flexibility index (Phi) is 6.94. The number of hydrogen-bond acceptors (Lipinski definition) is 5. The van der Waals surface area contributed by atoms with E-state index in [1.54, 1.807) is 0 Å². The number of fused-ring (bicyclic) bond motifs is 1. The molecule has 2 aliphatic rings. The Balaban J connectivity index is 2.10. The van der Waals surface area contributed by atoms with Gasteiger partial charge in [0.15, 0.2) is 0 Å². The van der Waals surface area contributed by atoms with Crippen molar-refractivity contribution in [3.63, 3.8) is 0 Å². The molecule has 0 bridgehead atoms. The lowest BCUT2D eigenvalue weighted by molar-refractivity contribution is -0.145. The fraction of sp³-hybridized carbons (Fsp3) is 0.778. The second-order valence-corrected chi connectivity index (χ2v) is 6.60. The molecule has 0 spiro atoms. The van der Waals surface area contributed by atoms with Crippen molar-refractivity contribution in [2.24, 2.45) is 17.8 Å². The van der Waals surface area contributed by atoms with E-state index >= 15 is 0 Å². The molecule has 24 heavy (non-hydrogen) atoms. The summed E-state index contributed by atoms with van der Waals surface area (Å²) in [6.45, 7) is 2.20. The third-order valence-electron chi connectivity index (χ3n) is 5.18. The zero-order chi connectivity index (χ0) is 17.5. The van der Waals surface area contributed by atoms with Crippen molar-refractivity contribution < 1.29 is 23.8 Å². The fourth-order valence-electron chi connectivity index (χ4n) is 3.96. The summed E-state index contributed by atoms with van der Waals surface area (Å²) in [6, 6.07) is 0. The van der Waals surface area contributed by atoms with Crippen LogP contribution in [0.3, 0.4) is 0 Å². The van der Waals surface area contributed by atoms with Crippen molar-refractivity contribution in [1.29, 1.82) is 0 Å². The minimum absolute atomic E-state index is 0.0167. The minimum Gasteiger partial charge on any atom is -0.466 e. The topological polar surface area (TPSA) is 73.9 Å². The van der Waals surface area contributed by atoms with E-state index in [4.69, 9.17) is 14.2 Å². The van der Waals surface area contributed by atoms with E-state index in [0.29, 0.717) is 11.5 Å². The molecule has 1 amide bonds. The third kappa shape index (κ3) is 4.22. The predicted molar refractivity (Wildman–Crippen MR) is 89.0 cm³/mol. The largest absolute Gasteiger partial charge is 0.466 e. The van der Waals surface area contributed by atoms with Crippen LogP contribution in [-0.4, -0.2) is 32.5 Å². The summed E-state index contributed by atoms with van der Waals surface area (Å²) in [5.41, 5.74) is 0.565. The zero-order valence-electron chi connectivity index (χ0n) is 14.9. The number of rotatable bonds is 7. The first kappa shape index (κ1) is 18.6. The molecule has 6 nitrogen and oxygen atoms in total. The lowest BCUT2D eigenvalue weighted by Gasteiger charge is -2.35. The Hall–Kier alpha value is -1.72. The molecular formula is C18H29NO5. The maximum absolute atomic E-state index is 12.0. The van der Waals surface area contributed by atoms with Crippen LogP contribution in [0.25, 0.3) is 0 Å². The average Bonchev–Trinajstić information content (AvgIpc) is 3.02. The Morgan fingerprint density at radius 3 is 2.75 bits per heavy atom. The summed E-state index contributed by atoms with van der Waals surface area (Å²) in [7, 11) is 2.90. The maximum Gasteiger partial charge on any atom is 0.409 e. The van der Waals surface area contributed by atoms with E-state index in [9.17, 15) is 9.59 Å². The molecule has 4 atom stereocenters. The molecule has 136 valence electrons. The number of carbonyl (C=O) groups excluding carboxylic acids is 2. The molecule has 0 aromatic carbocycles. The first-order chi connectivity index (χ1) is 11.6. The molecule has 1 aliphatic carbocycles. The molecule has 1 fully saturated rings. The van der Waals surface area contributed by atoms with Gasteiger partial charge in [-0.2, -0.15) is 0 Å². The van der Waals surface area contributed by atoms with Gasteiger partial charge < -0.3 is 19.5 Å². The highest BCUT2D eigenvalue weighted by atomic mass is 16.7. The molecule has 1 N–H and O–H groups in total. The van der Waals surface area contributed by atoms with Gasteiger partial charge >= 0.3 is 12.1 Å². The number of unbranched alkanes of at least 4 members (excludes halogenated alkanes) is 3. The number of methoxy groups -OCH3 is 1. The van der Waals surface area contributed by atoms with Crippen molar-refractivity contribution in [3.05, 3.63) is 11.8 Å². The molecule has 2 rings (SSSR count). The maximum atomic E-state index is 12.0. The number of alkyl carbamates (subject to hydrolysis) is 1. The molecule has 1 aliphatic heterocycles. The zero-order valence-corrected chi connectivity index (χ0v) is 14.9. The highest BCUT2D eigenvalue weighted by molar-refractivity contribution is 5.89. The average molecular weight is 339 g/mol. The van der Waals surface area contributed by atoms with Gasteiger partial charge in [0.05, 0.1) is 18.9 Å². The van der Waals surface area contributed by atoms with Crippen LogP contribution in [0, 0.1) is 17.8 Å². The van der Waals surface area contributed by atoms with Gasteiger partial charge in [-0.25, -0.2) is 9.59 Å². The summed E-state index contributed by atoms with van der Waals surface area (Å²) in [5.74, 6) is 0.102. The Bertz CT molecular complexity index is 476. The molecule has 0 saturated heterocycles. The van der Waals surface area contributed by atoms with Crippen molar-refractivity contribution in [2.45, 2.75) is 58.2 Å². The predicted octanol–water partition coefficient (Wildman–Crippen LogP) is 3.37. The second-order valence-electron chi connectivity index (χ2n) is 6.60. The van der Waals surface area contributed by atoms with Crippen LogP contribution in [-0.2, 0) is 19.0 Å². The summed E-state index contributed by atoms with van der Waals surface area (Å²) >= 11 is 0. The van der Waals surface area contributed by atoms with Crippen LogP contribution in [0.2, 0.25) is 0 Å². The molecule has 0 radical (unpaired) electrons. The van der Waals surface area contributed by atoms with Crippen molar-refractivity contribution in [1.82, 2.24) is 5.32 Å². The standard InChI is InChI=1S/C18H29NO5/c1-4-5-6-7-8-12-9-10-13-14(16(20)22-3)11-23-17(15(12)13)24-18(21)19-2/h11-13,15,17H,4-10H2,1-3H3,(H,19,21). The summed E-state index contributed by atoms with van der Waals surface area (Å²) in [5, 5.41) is 2.46. The molecule has 0 aromatic heterocycles. The van der Waals surface area contributed by atoms with E-state index in [1.807, 2.05) is 0 Å². The second kappa shape index (κ2) is 8.94. The molecule has 6 heteroatoms. The highest BCUT2D eigenvalue weighted by Gasteiger charge is 2.49. The minimum atomic E-state index is -0.637. The molecule has 4 unspecified atom stereocenters. The number of nitrogens with one attached hydrogen (secondary N) is 1. The van der Waals surface area contributed by atoms with Crippen molar-refractivity contribution in [3.8, 4) is 0 Å². The number of carbonyl (C=O) groups is 2. The van der Waals surface area contributed by atoms with Gasteiger partial charge in [-0.05, 0) is 25.2 Å². The first-order valence-corrected chi connectivity index (χ1v) is 8.94. The van der Waals surface area contributed by atoms with E-state index in [2.05, 4.69) is 12.2 Å². The van der Waals surface area contributed by atoms with Crippen LogP contribution in [0.5, 0.6) is 0 Å². The van der Waals surface area contributed by atoms with E-state index in [0.717, 1.165) is 25.7 Å². The molecule has 1 heterocycles. The van der Waals surface area contributed by atoms with E-state index in [1.165, 1.54) is 39.7 Å². The summed E-state index contributed by atoms with van der Waals surface area (Å²) < 4.78 is 15.9. The van der Waals surface area contributed by atoms with Gasteiger partial charge in [-0.3, -0.25) is 0 Å². The van der Waals surface area contributed by atoms with Crippen molar-refractivity contribution in [2.75, 3.05) is 14.2 Å². The van der Waals surface area contributed by atoms with Gasteiger partial charge in [0.1, 0.15) is 0 Å². The van der Waals surface area contributed by atoms with Crippen molar-refractivity contribution >= 4 is 12.1 Å². The number of ether oxygens (including phenoxy) is 3. The lowest BCUT2D eigenvalue weighted by atomic mass is 9.81. The SMILES string of the molecule is CCCCCCC1CCC2C(C(=O)OC)=COC(OC(=O)NC)C12. The van der Waals surface area contributed by atoms with Gasteiger partial charge in [0, 0.05) is 18.9 Å². The number of esters is 1. The van der Waals surface area contributed by atoms with Gasteiger partial charge in [-0.1, -0.05) is 32.6 Å². The van der Waals surface area contributed by atoms with Crippen LogP contribution >= 0.6 is 0 Å². The van der Waals surface area contributed by atoms with Gasteiger partial charge in [0.25, 0.3) is 0 Å². The van der Waals surface area contributed by atoms with Crippen LogP contribution < -0.4 is 5.32 Å². The number of amides is 1. The Morgan fingerprint density at radius 1 is 1.29 bits per heavy atom. The normalized spacial score (nSPS) is 28.4. The lowest BCUT2D eigenvalue weighted by Crippen LogP contribution is -2.41. The van der Waals surface area contributed by atoms with Gasteiger partial charge in [0.2, 0.25) is 6.29 Å². The van der Waals surface area contributed by atoms with E-state index < -0.39 is 12.4 Å².